The molecule has 2 N–H and O–H groups in total. The maximum atomic E-state index is 10.6. The summed E-state index contributed by atoms with van der Waals surface area (Å²) in [6.45, 7) is 9.16. The molecule has 0 aromatic heterocycles. The van der Waals surface area contributed by atoms with Crippen molar-refractivity contribution in [1.29, 1.82) is 0 Å². The lowest BCUT2D eigenvalue weighted by molar-refractivity contribution is -0.155. The van der Waals surface area contributed by atoms with Gasteiger partial charge in [0.25, 0.3) is 0 Å². The van der Waals surface area contributed by atoms with Crippen LogP contribution in [0.1, 0.15) is 25.7 Å². The van der Waals surface area contributed by atoms with Crippen molar-refractivity contribution in [2.75, 3.05) is 7.11 Å². The van der Waals surface area contributed by atoms with Crippen LogP contribution < -0.4 is 0 Å². The van der Waals surface area contributed by atoms with Gasteiger partial charge in [0.1, 0.15) is 0 Å². The molecule has 0 saturated heterocycles. The minimum Gasteiger partial charge on any atom is -0.481 e. The largest absolute Gasteiger partial charge is 0.481 e. The molecule has 0 amide bonds. The number of carboxylic acid groups (broad SMARTS) is 2. The van der Waals surface area contributed by atoms with Crippen LogP contribution in [0.25, 0.3) is 0 Å². The number of hydrogen-bond acceptors (Lipinski definition) is 4. The normalized spacial score (nSPS) is 20.1. The second kappa shape index (κ2) is 12.0. The van der Waals surface area contributed by atoms with Gasteiger partial charge in [-0.1, -0.05) is 19.4 Å². The van der Waals surface area contributed by atoms with Crippen LogP contribution >= 0.6 is 0 Å². The monoisotopic (exact) mass is 286 g/mol. The van der Waals surface area contributed by atoms with Gasteiger partial charge < -0.3 is 14.9 Å². The molecule has 1 fully saturated rings. The highest BCUT2D eigenvalue weighted by Gasteiger charge is 2.35. The number of ether oxygens (including phenoxy) is 1. The quantitative estimate of drug-likeness (QED) is 0.468. The molecule has 1 aliphatic carbocycles. The first-order valence-corrected chi connectivity index (χ1v) is 6.10. The third kappa shape index (κ3) is 8.07. The highest BCUT2D eigenvalue weighted by atomic mass is 16.5. The molecule has 0 bridgehead atoms. The van der Waals surface area contributed by atoms with Gasteiger partial charge in [-0.05, 0) is 12.8 Å². The van der Waals surface area contributed by atoms with Gasteiger partial charge in [0.2, 0.25) is 0 Å². The van der Waals surface area contributed by atoms with Gasteiger partial charge in [-0.25, -0.2) is 4.79 Å². The van der Waals surface area contributed by atoms with Gasteiger partial charge in [-0.3, -0.25) is 9.59 Å². The van der Waals surface area contributed by atoms with Crippen molar-refractivity contribution < 1.29 is 29.3 Å². The molecule has 0 aromatic carbocycles. The lowest BCUT2D eigenvalue weighted by atomic mass is 9.79. The number of aliphatic carboxylic acids is 2. The molecule has 0 heterocycles. The van der Waals surface area contributed by atoms with Crippen molar-refractivity contribution in [3.63, 3.8) is 0 Å². The Labute approximate surface area is 118 Å². The molecular formula is C14H22O6. The van der Waals surface area contributed by atoms with Gasteiger partial charge >= 0.3 is 17.9 Å². The van der Waals surface area contributed by atoms with E-state index in [1.54, 1.807) is 0 Å². The summed E-state index contributed by atoms with van der Waals surface area (Å²) in [4.78, 5) is 31.1. The Morgan fingerprint density at radius 1 is 1.05 bits per heavy atom. The summed E-state index contributed by atoms with van der Waals surface area (Å²) in [6.07, 6.45) is 3.79. The predicted octanol–water partition coefficient (Wildman–Crippen LogP) is 2.11. The predicted molar refractivity (Wildman–Crippen MR) is 74.2 cm³/mol. The Morgan fingerprint density at radius 3 is 1.55 bits per heavy atom. The van der Waals surface area contributed by atoms with E-state index >= 15 is 0 Å². The zero-order valence-corrected chi connectivity index (χ0v) is 11.7. The molecule has 1 aliphatic rings. The van der Waals surface area contributed by atoms with Crippen LogP contribution in [-0.4, -0.2) is 35.2 Å². The Hall–Kier alpha value is -2.11. The molecule has 0 aliphatic heterocycles. The van der Waals surface area contributed by atoms with E-state index in [0.717, 1.165) is 18.9 Å². The minimum absolute atomic E-state index is 0.394. The molecular weight excluding hydrogens is 264 g/mol. The molecule has 0 radical (unpaired) electrons. The van der Waals surface area contributed by atoms with E-state index in [0.29, 0.717) is 12.8 Å². The summed E-state index contributed by atoms with van der Waals surface area (Å²) in [5.74, 6) is -3.67. The number of carbonyl (C=O) groups excluding carboxylic acids is 1. The van der Waals surface area contributed by atoms with Crippen molar-refractivity contribution in [1.82, 2.24) is 0 Å². The molecule has 0 aromatic rings. The Kier molecular flexibility index (Phi) is 12.1. The SMILES string of the molecule is C=C.C=CC(=O)OC.O=C(O)C1CCCCC1C(=O)O. The fourth-order valence-electron chi connectivity index (χ4n) is 1.81. The first kappa shape index (κ1) is 20.2. The standard InChI is InChI=1S/C8H12O4.C4H6O2.C2H4/c9-7(10)5-3-1-2-4-6(5)8(11)12;1-3-4(5)6-2;1-2/h5-6H,1-4H2,(H,9,10)(H,11,12);3H,1H2,2H3;1-2H2. The van der Waals surface area contributed by atoms with E-state index in [2.05, 4.69) is 24.5 Å². The maximum absolute atomic E-state index is 10.6. The van der Waals surface area contributed by atoms with Crippen LogP contribution in [0.4, 0.5) is 0 Å². The van der Waals surface area contributed by atoms with Gasteiger partial charge in [-0.15, -0.1) is 13.2 Å². The molecule has 0 spiro atoms. The molecule has 2 atom stereocenters. The summed E-state index contributed by atoms with van der Waals surface area (Å²) in [5.41, 5.74) is 0. The number of rotatable bonds is 3. The maximum Gasteiger partial charge on any atom is 0.329 e. The van der Waals surface area contributed by atoms with Crippen LogP contribution in [-0.2, 0) is 19.1 Å². The number of methoxy groups -OCH3 is 1. The van der Waals surface area contributed by atoms with E-state index in [9.17, 15) is 14.4 Å². The smallest absolute Gasteiger partial charge is 0.329 e. The molecule has 6 nitrogen and oxygen atoms in total. The van der Waals surface area contributed by atoms with Gasteiger partial charge in [-0.2, -0.15) is 0 Å². The molecule has 114 valence electrons. The molecule has 20 heavy (non-hydrogen) atoms. The fourth-order valence-corrected chi connectivity index (χ4v) is 1.81. The number of esters is 1. The van der Waals surface area contributed by atoms with E-state index < -0.39 is 29.7 Å². The van der Waals surface area contributed by atoms with Crippen LogP contribution in [0, 0.1) is 11.8 Å². The lowest BCUT2D eigenvalue weighted by Gasteiger charge is -2.24. The molecule has 1 saturated carbocycles. The van der Waals surface area contributed by atoms with Crippen molar-refractivity contribution in [3.8, 4) is 0 Å². The highest BCUT2D eigenvalue weighted by molar-refractivity contribution is 5.81. The summed E-state index contributed by atoms with van der Waals surface area (Å²) >= 11 is 0. The number of hydrogen-bond donors (Lipinski definition) is 2. The zero-order chi connectivity index (χ0) is 16.1. The number of carbonyl (C=O) groups is 3. The lowest BCUT2D eigenvalue weighted by Crippen LogP contribution is -2.32. The molecule has 6 heteroatoms. The second-order valence-electron chi connectivity index (χ2n) is 3.90. The summed E-state index contributed by atoms with van der Waals surface area (Å²) in [5, 5.41) is 17.4. The van der Waals surface area contributed by atoms with E-state index in [-0.39, 0.29) is 0 Å². The zero-order valence-electron chi connectivity index (χ0n) is 11.7. The van der Waals surface area contributed by atoms with Crippen LogP contribution in [0.2, 0.25) is 0 Å². The topological polar surface area (TPSA) is 101 Å². The van der Waals surface area contributed by atoms with Gasteiger partial charge in [0.05, 0.1) is 18.9 Å². The van der Waals surface area contributed by atoms with E-state index in [4.69, 9.17) is 10.2 Å². The average Bonchev–Trinajstić information content (AvgIpc) is 2.48. The van der Waals surface area contributed by atoms with Crippen molar-refractivity contribution in [2.24, 2.45) is 11.8 Å². The van der Waals surface area contributed by atoms with Gasteiger partial charge in [0, 0.05) is 6.08 Å². The third-order valence-corrected chi connectivity index (χ3v) is 2.77. The van der Waals surface area contributed by atoms with Crippen LogP contribution in [0.5, 0.6) is 0 Å². The fraction of sp³-hybridized carbons (Fsp3) is 0.500. The van der Waals surface area contributed by atoms with E-state index in [1.807, 2.05) is 0 Å². The third-order valence-electron chi connectivity index (χ3n) is 2.77. The average molecular weight is 286 g/mol. The second-order valence-corrected chi connectivity index (χ2v) is 3.90. The van der Waals surface area contributed by atoms with E-state index in [1.165, 1.54) is 7.11 Å². The Balaban J connectivity index is 0. The summed E-state index contributed by atoms with van der Waals surface area (Å²) in [7, 11) is 1.31. The van der Waals surface area contributed by atoms with Crippen molar-refractivity contribution in [3.05, 3.63) is 25.8 Å². The van der Waals surface area contributed by atoms with Gasteiger partial charge in [0.15, 0.2) is 0 Å². The van der Waals surface area contributed by atoms with Crippen LogP contribution in [0.3, 0.4) is 0 Å². The van der Waals surface area contributed by atoms with Crippen molar-refractivity contribution in [2.45, 2.75) is 25.7 Å². The highest BCUT2D eigenvalue weighted by Crippen LogP contribution is 2.30. The Bertz CT molecular complexity index is 315. The first-order chi connectivity index (χ1) is 9.43. The summed E-state index contributed by atoms with van der Waals surface area (Å²) < 4.78 is 4.14. The summed E-state index contributed by atoms with van der Waals surface area (Å²) in [6, 6.07) is 0. The number of carboxylic acids is 2. The minimum atomic E-state index is -0.970. The first-order valence-electron chi connectivity index (χ1n) is 6.10. The molecule has 1 rings (SSSR count). The van der Waals surface area contributed by atoms with Crippen LogP contribution in [0.15, 0.2) is 25.8 Å². The van der Waals surface area contributed by atoms with Crippen molar-refractivity contribution >= 4 is 17.9 Å². The molecule has 2 unspecified atom stereocenters. The Morgan fingerprint density at radius 2 is 1.40 bits per heavy atom.